The number of rotatable bonds is 3. The van der Waals surface area contributed by atoms with E-state index in [0.29, 0.717) is 12.1 Å². The molecule has 0 aromatic carbocycles. The van der Waals surface area contributed by atoms with Crippen LogP contribution in [0.1, 0.15) is 32.6 Å². The zero-order valence-electron chi connectivity index (χ0n) is 11.0. The van der Waals surface area contributed by atoms with E-state index in [1.807, 2.05) is 0 Å². The third-order valence-electron chi connectivity index (χ3n) is 4.28. The van der Waals surface area contributed by atoms with Crippen molar-refractivity contribution in [3.63, 3.8) is 0 Å². The lowest BCUT2D eigenvalue weighted by Crippen LogP contribution is -2.49. The van der Waals surface area contributed by atoms with E-state index in [1.165, 1.54) is 0 Å². The molecule has 3 N–H and O–H groups in total. The van der Waals surface area contributed by atoms with E-state index in [2.05, 4.69) is 16.7 Å². The molecule has 0 aromatic heterocycles. The summed E-state index contributed by atoms with van der Waals surface area (Å²) in [5, 5.41) is 9.51. The van der Waals surface area contributed by atoms with E-state index in [4.69, 9.17) is 5.73 Å². The third kappa shape index (κ3) is 3.91. The fourth-order valence-corrected chi connectivity index (χ4v) is 2.95. The van der Waals surface area contributed by atoms with E-state index in [1.54, 1.807) is 0 Å². The van der Waals surface area contributed by atoms with Crippen LogP contribution in [0.2, 0.25) is 0 Å². The number of likely N-dealkylation sites (tertiary alicyclic amines) is 2. The Morgan fingerprint density at radius 1 is 1.12 bits per heavy atom. The van der Waals surface area contributed by atoms with Crippen molar-refractivity contribution in [1.29, 1.82) is 0 Å². The van der Waals surface area contributed by atoms with Gasteiger partial charge in [-0.05, 0) is 45.7 Å². The monoisotopic (exact) mass is 241 g/mol. The maximum absolute atomic E-state index is 9.51. The minimum absolute atomic E-state index is 0.0635. The van der Waals surface area contributed by atoms with Crippen molar-refractivity contribution >= 4 is 0 Å². The molecule has 2 fully saturated rings. The average molecular weight is 241 g/mol. The van der Waals surface area contributed by atoms with Crippen LogP contribution in [-0.2, 0) is 0 Å². The molecule has 4 nitrogen and oxygen atoms in total. The highest BCUT2D eigenvalue weighted by atomic mass is 16.3. The van der Waals surface area contributed by atoms with Crippen LogP contribution in [0.3, 0.4) is 0 Å². The van der Waals surface area contributed by atoms with E-state index < -0.39 is 0 Å². The summed E-state index contributed by atoms with van der Waals surface area (Å²) in [5.74, 6) is 0. The van der Waals surface area contributed by atoms with Crippen molar-refractivity contribution in [2.45, 2.75) is 50.8 Å². The zero-order valence-corrected chi connectivity index (χ0v) is 11.0. The molecule has 2 saturated heterocycles. The Morgan fingerprint density at radius 2 is 1.71 bits per heavy atom. The van der Waals surface area contributed by atoms with Gasteiger partial charge in [-0.25, -0.2) is 0 Å². The fraction of sp³-hybridized carbons (Fsp3) is 1.00. The smallest absolute Gasteiger partial charge is 0.0564 e. The van der Waals surface area contributed by atoms with Gasteiger partial charge < -0.3 is 15.7 Å². The Labute approximate surface area is 105 Å². The number of nitrogens with zero attached hydrogens (tertiary/aromatic N) is 2. The standard InChI is InChI=1S/C13H27N3O/c1-11(16-8-4-13(17)5-9-16)10-15-6-2-12(14)3-7-15/h11-13,17H,2-10,14H2,1H3/t11-/m0/s1. The lowest BCUT2D eigenvalue weighted by Gasteiger charge is -2.38. The van der Waals surface area contributed by atoms with Gasteiger partial charge in [-0.1, -0.05) is 0 Å². The summed E-state index contributed by atoms with van der Waals surface area (Å²) in [4.78, 5) is 5.06. The maximum Gasteiger partial charge on any atom is 0.0564 e. The van der Waals surface area contributed by atoms with Crippen LogP contribution < -0.4 is 5.73 Å². The molecule has 2 aliphatic heterocycles. The Kier molecular flexibility index (Phi) is 4.79. The molecule has 0 radical (unpaired) electrons. The summed E-state index contributed by atoms with van der Waals surface area (Å²) >= 11 is 0. The first-order valence-corrected chi connectivity index (χ1v) is 7.05. The topological polar surface area (TPSA) is 52.7 Å². The highest BCUT2D eigenvalue weighted by Crippen LogP contribution is 2.15. The predicted molar refractivity (Wildman–Crippen MR) is 69.9 cm³/mol. The molecule has 0 aliphatic carbocycles. The molecule has 2 rings (SSSR count). The minimum Gasteiger partial charge on any atom is -0.393 e. The first-order valence-electron chi connectivity index (χ1n) is 7.05. The molecule has 0 bridgehead atoms. The van der Waals surface area contributed by atoms with Crippen molar-refractivity contribution in [1.82, 2.24) is 9.80 Å². The zero-order chi connectivity index (χ0) is 12.3. The van der Waals surface area contributed by atoms with Gasteiger partial charge in [0.05, 0.1) is 6.10 Å². The van der Waals surface area contributed by atoms with Gasteiger partial charge in [0.15, 0.2) is 0 Å². The van der Waals surface area contributed by atoms with E-state index in [0.717, 1.165) is 58.4 Å². The van der Waals surface area contributed by atoms with Crippen molar-refractivity contribution in [2.75, 3.05) is 32.7 Å². The molecule has 0 saturated carbocycles. The Balaban J connectivity index is 1.71. The van der Waals surface area contributed by atoms with Crippen LogP contribution in [0.4, 0.5) is 0 Å². The van der Waals surface area contributed by atoms with Crippen LogP contribution in [-0.4, -0.2) is 65.8 Å². The van der Waals surface area contributed by atoms with Gasteiger partial charge in [-0.2, -0.15) is 0 Å². The number of piperidine rings is 2. The van der Waals surface area contributed by atoms with Crippen LogP contribution in [0.15, 0.2) is 0 Å². The first kappa shape index (κ1) is 13.3. The molecular formula is C13H27N3O. The van der Waals surface area contributed by atoms with Gasteiger partial charge in [0.2, 0.25) is 0 Å². The van der Waals surface area contributed by atoms with Crippen LogP contribution in [0.25, 0.3) is 0 Å². The first-order chi connectivity index (χ1) is 8.15. The Bertz CT molecular complexity index is 221. The molecule has 0 spiro atoms. The molecule has 0 aromatic rings. The largest absolute Gasteiger partial charge is 0.393 e. The summed E-state index contributed by atoms with van der Waals surface area (Å²) in [5.41, 5.74) is 5.92. The van der Waals surface area contributed by atoms with E-state index >= 15 is 0 Å². The van der Waals surface area contributed by atoms with Gasteiger partial charge in [-0.3, -0.25) is 4.90 Å². The van der Waals surface area contributed by atoms with Crippen LogP contribution in [0, 0.1) is 0 Å². The highest BCUT2D eigenvalue weighted by molar-refractivity contribution is 4.80. The lowest BCUT2D eigenvalue weighted by atomic mass is 10.0. The molecule has 17 heavy (non-hydrogen) atoms. The Hall–Kier alpha value is -0.160. The van der Waals surface area contributed by atoms with Crippen molar-refractivity contribution in [3.8, 4) is 0 Å². The molecule has 2 aliphatic rings. The highest BCUT2D eigenvalue weighted by Gasteiger charge is 2.24. The SMILES string of the molecule is C[C@@H](CN1CCC(N)CC1)N1CCC(O)CC1. The molecule has 0 amide bonds. The number of aliphatic hydroxyl groups is 1. The molecule has 100 valence electrons. The fourth-order valence-electron chi connectivity index (χ4n) is 2.95. The van der Waals surface area contributed by atoms with Crippen molar-refractivity contribution < 1.29 is 5.11 Å². The molecular weight excluding hydrogens is 214 g/mol. The second kappa shape index (κ2) is 6.14. The van der Waals surface area contributed by atoms with Gasteiger partial charge in [-0.15, -0.1) is 0 Å². The van der Waals surface area contributed by atoms with Crippen LogP contribution >= 0.6 is 0 Å². The van der Waals surface area contributed by atoms with Crippen molar-refractivity contribution in [2.24, 2.45) is 5.73 Å². The van der Waals surface area contributed by atoms with Gasteiger partial charge in [0.1, 0.15) is 0 Å². The molecule has 0 unspecified atom stereocenters. The second-order valence-corrected chi connectivity index (χ2v) is 5.75. The van der Waals surface area contributed by atoms with Gasteiger partial charge >= 0.3 is 0 Å². The number of aliphatic hydroxyl groups excluding tert-OH is 1. The molecule has 1 atom stereocenters. The summed E-state index contributed by atoms with van der Waals surface area (Å²) in [6, 6.07) is 1.03. The lowest BCUT2D eigenvalue weighted by molar-refractivity contribution is 0.0507. The third-order valence-corrected chi connectivity index (χ3v) is 4.28. The van der Waals surface area contributed by atoms with Crippen LogP contribution in [0.5, 0.6) is 0 Å². The van der Waals surface area contributed by atoms with Gasteiger partial charge in [0, 0.05) is 31.7 Å². The van der Waals surface area contributed by atoms with Crippen molar-refractivity contribution in [3.05, 3.63) is 0 Å². The minimum atomic E-state index is -0.0635. The summed E-state index contributed by atoms with van der Waals surface area (Å²) in [6.45, 7) is 7.88. The quantitative estimate of drug-likeness (QED) is 0.744. The number of hydrogen-bond donors (Lipinski definition) is 2. The molecule has 4 heteroatoms. The Morgan fingerprint density at radius 3 is 2.29 bits per heavy atom. The predicted octanol–water partition coefficient (Wildman–Crippen LogP) is 0.255. The number of nitrogens with two attached hydrogens (primary N) is 1. The average Bonchev–Trinajstić information content (AvgIpc) is 2.33. The summed E-state index contributed by atoms with van der Waals surface area (Å²) < 4.78 is 0. The van der Waals surface area contributed by atoms with E-state index in [9.17, 15) is 5.11 Å². The summed E-state index contributed by atoms with van der Waals surface area (Å²) in [6.07, 6.45) is 4.10. The van der Waals surface area contributed by atoms with Gasteiger partial charge in [0.25, 0.3) is 0 Å². The summed E-state index contributed by atoms with van der Waals surface area (Å²) in [7, 11) is 0. The molecule has 2 heterocycles. The maximum atomic E-state index is 9.51. The normalized spacial score (nSPS) is 28.4. The number of hydrogen-bond acceptors (Lipinski definition) is 4. The van der Waals surface area contributed by atoms with E-state index in [-0.39, 0.29) is 6.10 Å². The second-order valence-electron chi connectivity index (χ2n) is 5.75.